The summed E-state index contributed by atoms with van der Waals surface area (Å²) < 4.78 is 5.13. The van der Waals surface area contributed by atoms with Gasteiger partial charge in [0.25, 0.3) is 0 Å². The van der Waals surface area contributed by atoms with Crippen LogP contribution in [0.25, 0.3) is 0 Å². The number of hydrogen-bond donors (Lipinski definition) is 2. The molecule has 1 fully saturated rings. The van der Waals surface area contributed by atoms with E-state index in [1.807, 2.05) is 0 Å². The molecule has 2 heterocycles. The van der Waals surface area contributed by atoms with Crippen LogP contribution in [0.1, 0.15) is 17.0 Å². The summed E-state index contributed by atoms with van der Waals surface area (Å²) in [6.45, 7) is 1.51. The molecule has 6 heteroatoms. The number of anilines is 1. The maximum absolute atomic E-state index is 11.3. The van der Waals surface area contributed by atoms with E-state index in [1.165, 1.54) is 6.07 Å². The van der Waals surface area contributed by atoms with Crippen LogP contribution in [0.15, 0.2) is 16.5 Å². The van der Waals surface area contributed by atoms with Gasteiger partial charge >= 0.3 is 5.97 Å². The van der Waals surface area contributed by atoms with E-state index in [4.69, 9.17) is 9.52 Å². The third-order valence-corrected chi connectivity index (χ3v) is 2.38. The molecule has 86 valence electrons. The molecule has 1 aromatic rings. The van der Waals surface area contributed by atoms with Crippen LogP contribution >= 0.6 is 0 Å². The SMILES string of the molecule is O=C1CN(c2ccc(C(=O)O)o2)CCCN1. The van der Waals surface area contributed by atoms with Crippen LogP contribution in [0.5, 0.6) is 0 Å². The Bertz CT molecular complexity index is 413. The van der Waals surface area contributed by atoms with Crippen molar-refractivity contribution in [3.63, 3.8) is 0 Å². The molecule has 16 heavy (non-hydrogen) atoms. The van der Waals surface area contributed by atoms with E-state index in [-0.39, 0.29) is 18.2 Å². The van der Waals surface area contributed by atoms with Gasteiger partial charge in [-0.3, -0.25) is 4.79 Å². The van der Waals surface area contributed by atoms with E-state index < -0.39 is 5.97 Å². The highest BCUT2D eigenvalue weighted by Crippen LogP contribution is 2.19. The monoisotopic (exact) mass is 224 g/mol. The van der Waals surface area contributed by atoms with Crippen molar-refractivity contribution < 1.29 is 19.1 Å². The average molecular weight is 224 g/mol. The summed E-state index contributed by atoms with van der Waals surface area (Å²) in [7, 11) is 0. The smallest absolute Gasteiger partial charge is 0.371 e. The Labute approximate surface area is 91.8 Å². The van der Waals surface area contributed by atoms with E-state index in [1.54, 1.807) is 11.0 Å². The van der Waals surface area contributed by atoms with Crippen LogP contribution < -0.4 is 10.2 Å². The zero-order valence-electron chi connectivity index (χ0n) is 8.60. The highest BCUT2D eigenvalue weighted by molar-refractivity contribution is 5.85. The molecule has 0 bridgehead atoms. The van der Waals surface area contributed by atoms with Gasteiger partial charge in [-0.1, -0.05) is 0 Å². The number of furan rings is 1. The number of nitrogens with zero attached hydrogens (tertiary/aromatic N) is 1. The topological polar surface area (TPSA) is 82.8 Å². The Balaban J connectivity index is 2.15. The first-order valence-corrected chi connectivity index (χ1v) is 5.01. The van der Waals surface area contributed by atoms with Crippen molar-refractivity contribution >= 4 is 17.8 Å². The Kier molecular flexibility index (Phi) is 2.80. The quantitative estimate of drug-likeness (QED) is 0.755. The molecular weight excluding hydrogens is 212 g/mol. The van der Waals surface area contributed by atoms with Crippen molar-refractivity contribution in [1.82, 2.24) is 5.32 Å². The highest BCUT2D eigenvalue weighted by Gasteiger charge is 2.19. The molecule has 6 nitrogen and oxygen atoms in total. The van der Waals surface area contributed by atoms with Crippen molar-refractivity contribution in [2.75, 3.05) is 24.5 Å². The van der Waals surface area contributed by atoms with Crippen LogP contribution in [-0.2, 0) is 4.79 Å². The van der Waals surface area contributed by atoms with Crippen LogP contribution in [0.4, 0.5) is 5.88 Å². The van der Waals surface area contributed by atoms with E-state index in [9.17, 15) is 9.59 Å². The maximum Gasteiger partial charge on any atom is 0.371 e. The number of carboxylic acid groups (broad SMARTS) is 1. The second-order valence-electron chi connectivity index (χ2n) is 3.57. The Morgan fingerprint density at radius 3 is 3.00 bits per heavy atom. The lowest BCUT2D eigenvalue weighted by Crippen LogP contribution is -2.32. The number of nitrogens with one attached hydrogen (secondary N) is 1. The number of amides is 1. The second-order valence-corrected chi connectivity index (χ2v) is 3.57. The van der Waals surface area contributed by atoms with Crippen LogP contribution in [-0.4, -0.2) is 36.6 Å². The first kappa shape index (κ1) is 10.5. The van der Waals surface area contributed by atoms with Gasteiger partial charge in [-0.05, 0) is 12.5 Å². The van der Waals surface area contributed by atoms with Crippen LogP contribution in [0.3, 0.4) is 0 Å². The Morgan fingerprint density at radius 2 is 2.31 bits per heavy atom. The molecule has 0 atom stereocenters. The number of carbonyl (C=O) groups excluding carboxylic acids is 1. The predicted molar refractivity (Wildman–Crippen MR) is 55.5 cm³/mol. The molecule has 1 saturated heterocycles. The zero-order chi connectivity index (χ0) is 11.5. The molecule has 0 unspecified atom stereocenters. The Hall–Kier alpha value is -1.98. The minimum atomic E-state index is -1.11. The van der Waals surface area contributed by atoms with Crippen molar-refractivity contribution in [2.45, 2.75) is 6.42 Å². The fraction of sp³-hybridized carbons (Fsp3) is 0.400. The molecule has 1 aliphatic rings. The molecule has 0 spiro atoms. The van der Waals surface area contributed by atoms with Crippen molar-refractivity contribution in [3.8, 4) is 0 Å². The van der Waals surface area contributed by atoms with Gasteiger partial charge in [-0.25, -0.2) is 4.79 Å². The van der Waals surface area contributed by atoms with E-state index >= 15 is 0 Å². The van der Waals surface area contributed by atoms with Gasteiger partial charge in [0.1, 0.15) is 0 Å². The van der Waals surface area contributed by atoms with Crippen LogP contribution in [0, 0.1) is 0 Å². The molecule has 1 aliphatic heterocycles. The summed E-state index contributed by atoms with van der Waals surface area (Å²) >= 11 is 0. The third-order valence-electron chi connectivity index (χ3n) is 2.38. The summed E-state index contributed by atoms with van der Waals surface area (Å²) in [6, 6.07) is 2.96. The lowest BCUT2D eigenvalue weighted by atomic mass is 10.4. The van der Waals surface area contributed by atoms with Crippen molar-refractivity contribution in [2.24, 2.45) is 0 Å². The molecule has 0 aliphatic carbocycles. The molecule has 0 saturated carbocycles. The highest BCUT2D eigenvalue weighted by atomic mass is 16.4. The fourth-order valence-electron chi connectivity index (χ4n) is 1.61. The zero-order valence-corrected chi connectivity index (χ0v) is 8.60. The Morgan fingerprint density at radius 1 is 1.50 bits per heavy atom. The average Bonchev–Trinajstić information content (AvgIpc) is 2.63. The van der Waals surface area contributed by atoms with Gasteiger partial charge in [0.15, 0.2) is 5.88 Å². The summed E-state index contributed by atoms with van der Waals surface area (Å²) in [5.41, 5.74) is 0. The molecule has 1 aromatic heterocycles. The van der Waals surface area contributed by atoms with Gasteiger partial charge < -0.3 is 19.7 Å². The molecule has 0 aromatic carbocycles. The first-order chi connectivity index (χ1) is 7.66. The molecule has 0 radical (unpaired) electrons. The minimum absolute atomic E-state index is 0.0780. The van der Waals surface area contributed by atoms with Crippen LogP contribution in [0.2, 0.25) is 0 Å². The largest absolute Gasteiger partial charge is 0.475 e. The summed E-state index contributed by atoms with van der Waals surface area (Å²) in [5.74, 6) is -0.870. The number of aromatic carboxylic acids is 1. The number of rotatable bonds is 2. The van der Waals surface area contributed by atoms with Gasteiger partial charge in [-0.15, -0.1) is 0 Å². The number of carboxylic acids is 1. The van der Waals surface area contributed by atoms with Crippen molar-refractivity contribution in [1.29, 1.82) is 0 Å². The first-order valence-electron chi connectivity index (χ1n) is 5.01. The second kappa shape index (κ2) is 4.26. The fourth-order valence-corrected chi connectivity index (χ4v) is 1.61. The van der Waals surface area contributed by atoms with Gasteiger partial charge in [0.05, 0.1) is 6.54 Å². The number of carbonyl (C=O) groups is 2. The molecule has 1 amide bonds. The minimum Gasteiger partial charge on any atom is -0.475 e. The number of hydrogen-bond acceptors (Lipinski definition) is 4. The lowest BCUT2D eigenvalue weighted by Gasteiger charge is -2.17. The molecule has 2 rings (SSSR count). The van der Waals surface area contributed by atoms with E-state index in [0.29, 0.717) is 19.0 Å². The van der Waals surface area contributed by atoms with Gasteiger partial charge in [0.2, 0.25) is 11.7 Å². The van der Waals surface area contributed by atoms with E-state index in [0.717, 1.165) is 6.42 Å². The van der Waals surface area contributed by atoms with Gasteiger partial charge in [-0.2, -0.15) is 0 Å². The third kappa shape index (κ3) is 2.16. The van der Waals surface area contributed by atoms with E-state index in [2.05, 4.69) is 5.32 Å². The molecule has 2 N–H and O–H groups in total. The maximum atomic E-state index is 11.3. The van der Waals surface area contributed by atoms with Gasteiger partial charge in [0, 0.05) is 19.2 Å². The normalized spacial score (nSPS) is 16.8. The predicted octanol–water partition coefficient (Wildman–Crippen LogP) is 0.304. The standard InChI is InChI=1S/C10H12N2O4/c13-8-6-12(5-1-4-11-8)9-3-2-7(16-9)10(14)15/h2-3H,1,4-6H2,(H,11,13)(H,14,15). The molecular formula is C10H12N2O4. The lowest BCUT2D eigenvalue weighted by molar-refractivity contribution is -0.119. The summed E-state index contributed by atoms with van der Waals surface area (Å²) in [4.78, 5) is 23.7. The summed E-state index contributed by atoms with van der Waals surface area (Å²) in [6.07, 6.45) is 0.814. The van der Waals surface area contributed by atoms with Crippen molar-refractivity contribution in [3.05, 3.63) is 17.9 Å². The summed E-state index contributed by atoms with van der Waals surface area (Å²) in [5, 5.41) is 11.4.